The average Bonchev–Trinajstić information content (AvgIpc) is 1.85. The Balaban J connectivity index is 3.84. The number of allylic oxidation sites excluding steroid dienone is 1. The third-order valence-electron chi connectivity index (χ3n) is 0.760. The van der Waals surface area contributed by atoms with Crippen LogP contribution in [0.15, 0.2) is 21.8 Å². The van der Waals surface area contributed by atoms with Gasteiger partial charge in [-0.3, -0.25) is 9.98 Å². The number of rotatable bonds is 2. The molecule has 0 rings (SSSR count). The molecule has 0 aromatic rings. The van der Waals surface area contributed by atoms with Crippen LogP contribution in [0.4, 0.5) is 0 Å². The van der Waals surface area contributed by atoms with E-state index in [-0.39, 0.29) is 0 Å². The van der Waals surface area contributed by atoms with Crippen LogP contribution in [0.2, 0.25) is 0 Å². The second-order valence-electron chi connectivity index (χ2n) is 1.67. The van der Waals surface area contributed by atoms with E-state index in [1.807, 2.05) is 13.8 Å². The van der Waals surface area contributed by atoms with Crippen molar-refractivity contribution < 1.29 is 0 Å². The Kier molecular flexibility index (Phi) is 4.69. The number of nitrogens with zero attached hydrogens (tertiary/aromatic N) is 2. The van der Waals surface area contributed by atoms with Crippen LogP contribution in [0.3, 0.4) is 0 Å². The summed E-state index contributed by atoms with van der Waals surface area (Å²) in [5, 5.41) is 0. The third-order valence-corrected chi connectivity index (χ3v) is 0.760. The Labute approximate surface area is 56.0 Å². The van der Waals surface area contributed by atoms with Gasteiger partial charge >= 0.3 is 0 Å². The summed E-state index contributed by atoms with van der Waals surface area (Å²) in [7, 11) is 1.74. The zero-order chi connectivity index (χ0) is 7.11. The Bertz CT molecular complexity index is 143. The molecule has 0 radical (unpaired) electrons. The molecule has 2 nitrogen and oxygen atoms in total. The first-order chi connectivity index (χ1) is 4.31. The van der Waals surface area contributed by atoms with Crippen molar-refractivity contribution in [1.29, 1.82) is 0 Å². The third kappa shape index (κ3) is 4.94. The predicted molar refractivity (Wildman–Crippen MR) is 42.3 cm³/mol. The minimum Gasteiger partial charge on any atom is -0.296 e. The Morgan fingerprint density at radius 2 is 2.11 bits per heavy atom. The maximum Gasteiger partial charge on any atom is 0.0308 e. The summed E-state index contributed by atoms with van der Waals surface area (Å²) in [6.07, 6.45) is 5.28. The van der Waals surface area contributed by atoms with Crippen molar-refractivity contribution in [3.05, 3.63) is 11.8 Å². The molecule has 0 aromatic carbocycles. The molecule has 0 heterocycles. The molecule has 50 valence electrons. The molecule has 2 heteroatoms. The maximum absolute atomic E-state index is 3.91. The van der Waals surface area contributed by atoms with E-state index in [9.17, 15) is 0 Å². The minimum atomic E-state index is 1.07. The fourth-order valence-corrected chi connectivity index (χ4v) is 0.429. The smallest absolute Gasteiger partial charge is 0.0308 e. The summed E-state index contributed by atoms with van der Waals surface area (Å²) in [6.45, 7) is 3.84. The lowest BCUT2D eigenvalue weighted by atomic mass is 10.4. The molecule has 0 atom stereocenters. The molecule has 0 aliphatic rings. The van der Waals surface area contributed by atoms with E-state index in [4.69, 9.17) is 0 Å². The fourth-order valence-electron chi connectivity index (χ4n) is 0.429. The van der Waals surface area contributed by atoms with Gasteiger partial charge in [-0.15, -0.1) is 0 Å². The summed E-state index contributed by atoms with van der Waals surface area (Å²) in [6, 6.07) is 0. The van der Waals surface area contributed by atoms with Crippen molar-refractivity contribution in [2.75, 3.05) is 7.05 Å². The highest BCUT2D eigenvalue weighted by Crippen LogP contribution is 1.86. The predicted octanol–water partition coefficient (Wildman–Crippen LogP) is 1.68. The van der Waals surface area contributed by atoms with E-state index in [0.29, 0.717) is 0 Å². The van der Waals surface area contributed by atoms with Crippen LogP contribution in [-0.4, -0.2) is 19.5 Å². The standard InChI is InChI=1S/C7H12N2/c1-4-9-6-7(2)5-8-3/h4-6H,1-3H3/b7-6-,8-5-,9-4-. The first-order valence-electron chi connectivity index (χ1n) is 2.88. The van der Waals surface area contributed by atoms with Gasteiger partial charge in [0.15, 0.2) is 0 Å². The van der Waals surface area contributed by atoms with E-state index in [0.717, 1.165) is 5.57 Å². The normalized spacial score (nSPS) is 13.9. The van der Waals surface area contributed by atoms with Crippen LogP contribution in [0, 0.1) is 0 Å². The van der Waals surface area contributed by atoms with Crippen LogP contribution in [-0.2, 0) is 0 Å². The molecule has 0 fully saturated rings. The van der Waals surface area contributed by atoms with E-state index in [2.05, 4.69) is 9.98 Å². The van der Waals surface area contributed by atoms with Crippen LogP contribution in [0.25, 0.3) is 0 Å². The quantitative estimate of drug-likeness (QED) is 0.500. The van der Waals surface area contributed by atoms with E-state index < -0.39 is 0 Å². The molecule has 9 heavy (non-hydrogen) atoms. The largest absolute Gasteiger partial charge is 0.296 e. The Hall–Kier alpha value is -0.920. The molecule has 0 saturated heterocycles. The molecule has 0 saturated carbocycles. The number of aliphatic imine (C=N–C) groups is 2. The van der Waals surface area contributed by atoms with Gasteiger partial charge < -0.3 is 0 Å². The van der Waals surface area contributed by atoms with Crippen molar-refractivity contribution in [3.63, 3.8) is 0 Å². The van der Waals surface area contributed by atoms with E-state index in [1.165, 1.54) is 0 Å². The molecule has 0 unspecified atom stereocenters. The van der Waals surface area contributed by atoms with E-state index >= 15 is 0 Å². The first-order valence-corrected chi connectivity index (χ1v) is 2.88. The van der Waals surface area contributed by atoms with Gasteiger partial charge in [-0.1, -0.05) is 0 Å². The second-order valence-corrected chi connectivity index (χ2v) is 1.67. The van der Waals surface area contributed by atoms with Gasteiger partial charge in [-0.25, -0.2) is 0 Å². The van der Waals surface area contributed by atoms with Gasteiger partial charge in [0.2, 0.25) is 0 Å². The van der Waals surface area contributed by atoms with Crippen LogP contribution >= 0.6 is 0 Å². The van der Waals surface area contributed by atoms with Crippen LogP contribution in [0.1, 0.15) is 13.8 Å². The van der Waals surface area contributed by atoms with Crippen molar-refractivity contribution in [2.24, 2.45) is 9.98 Å². The zero-order valence-corrected chi connectivity index (χ0v) is 6.13. The van der Waals surface area contributed by atoms with Crippen molar-refractivity contribution in [1.82, 2.24) is 0 Å². The molecule has 0 amide bonds. The summed E-state index contributed by atoms with van der Waals surface area (Å²) in [5.41, 5.74) is 1.07. The second kappa shape index (κ2) is 5.22. The molecule has 0 aromatic heterocycles. The average molecular weight is 124 g/mol. The van der Waals surface area contributed by atoms with Gasteiger partial charge in [0.05, 0.1) is 0 Å². The van der Waals surface area contributed by atoms with Gasteiger partial charge in [-0.05, 0) is 19.4 Å². The highest BCUT2D eigenvalue weighted by atomic mass is 14.7. The van der Waals surface area contributed by atoms with Crippen LogP contribution in [0.5, 0.6) is 0 Å². The van der Waals surface area contributed by atoms with Crippen molar-refractivity contribution in [3.8, 4) is 0 Å². The summed E-state index contributed by atoms with van der Waals surface area (Å²) in [4.78, 5) is 7.73. The van der Waals surface area contributed by atoms with E-state index in [1.54, 1.807) is 25.7 Å². The lowest BCUT2D eigenvalue weighted by molar-refractivity contribution is 1.42. The van der Waals surface area contributed by atoms with Gasteiger partial charge in [0.1, 0.15) is 0 Å². The first kappa shape index (κ1) is 8.08. The molecule has 0 aliphatic carbocycles. The SMILES string of the molecule is C\C=N/C=C(C)\C=N/C. The minimum absolute atomic E-state index is 1.07. The monoisotopic (exact) mass is 124 g/mol. The maximum atomic E-state index is 3.91. The molecule has 0 bridgehead atoms. The lowest BCUT2D eigenvalue weighted by Gasteiger charge is -1.82. The topological polar surface area (TPSA) is 24.7 Å². The molecular formula is C7H12N2. The molecule has 0 spiro atoms. The van der Waals surface area contributed by atoms with Gasteiger partial charge in [0, 0.05) is 25.7 Å². The number of hydrogen-bond acceptors (Lipinski definition) is 2. The summed E-state index contributed by atoms with van der Waals surface area (Å²) in [5.74, 6) is 0. The fraction of sp³-hybridized carbons (Fsp3) is 0.429. The number of hydrogen-bond donors (Lipinski definition) is 0. The zero-order valence-electron chi connectivity index (χ0n) is 6.13. The van der Waals surface area contributed by atoms with Crippen molar-refractivity contribution >= 4 is 12.4 Å². The van der Waals surface area contributed by atoms with Gasteiger partial charge in [-0.2, -0.15) is 0 Å². The summed E-state index contributed by atoms with van der Waals surface area (Å²) >= 11 is 0. The molecule has 0 N–H and O–H groups in total. The Morgan fingerprint density at radius 1 is 1.44 bits per heavy atom. The lowest BCUT2D eigenvalue weighted by Crippen LogP contribution is -1.74. The Morgan fingerprint density at radius 3 is 2.56 bits per heavy atom. The highest BCUT2D eigenvalue weighted by molar-refractivity contribution is 5.77. The highest BCUT2D eigenvalue weighted by Gasteiger charge is 1.74. The molecular weight excluding hydrogens is 112 g/mol. The van der Waals surface area contributed by atoms with Crippen LogP contribution < -0.4 is 0 Å². The molecule has 0 aliphatic heterocycles. The van der Waals surface area contributed by atoms with Crippen molar-refractivity contribution in [2.45, 2.75) is 13.8 Å². The van der Waals surface area contributed by atoms with Gasteiger partial charge in [0.25, 0.3) is 0 Å². The summed E-state index contributed by atoms with van der Waals surface area (Å²) < 4.78 is 0.